The van der Waals surface area contributed by atoms with E-state index in [0.29, 0.717) is 19.5 Å². The summed E-state index contributed by atoms with van der Waals surface area (Å²) in [5.41, 5.74) is -0.913. The van der Waals surface area contributed by atoms with Gasteiger partial charge < -0.3 is 24.2 Å². The molecule has 2 amide bonds. The normalized spacial score (nSPS) is 18.7. The monoisotopic (exact) mass is 492 g/mol. The van der Waals surface area contributed by atoms with Crippen LogP contribution in [-0.2, 0) is 14.2 Å². The molecule has 2 fully saturated rings. The summed E-state index contributed by atoms with van der Waals surface area (Å²) in [5.74, 6) is -0.597. The van der Waals surface area contributed by atoms with Crippen LogP contribution in [0.5, 0.6) is 0 Å². The molecule has 0 aromatic heterocycles. The Morgan fingerprint density at radius 2 is 1.36 bits per heavy atom. The highest BCUT2D eigenvalue weighted by atomic mass is 35.5. The van der Waals surface area contributed by atoms with E-state index < -0.39 is 33.8 Å². The van der Waals surface area contributed by atoms with Gasteiger partial charge in [0.05, 0.1) is 26.2 Å². The minimum Gasteiger partial charge on any atom is -0.444 e. The van der Waals surface area contributed by atoms with Crippen molar-refractivity contribution in [3.8, 4) is 0 Å². The summed E-state index contributed by atoms with van der Waals surface area (Å²) in [7, 11) is 0. The van der Waals surface area contributed by atoms with Gasteiger partial charge in [-0.15, -0.1) is 6.58 Å². The van der Waals surface area contributed by atoms with Crippen LogP contribution in [0.3, 0.4) is 0 Å². The van der Waals surface area contributed by atoms with Crippen molar-refractivity contribution in [1.82, 2.24) is 9.80 Å². The molecule has 0 saturated carbocycles. The Bertz CT molecular complexity index is 747. The molecule has 2 saturated heterocycles. The van der Waals surface area contributed by atoms with E-state index in [9.17, 15) is 19.1 Å². The van der Waals surface area contributed by atoms with Gasteiger partial charge in [0.25, 0.3) is 0 Å². The van der Waals surface area contributed by atoms with Crippen LogP contribution < -0.4 is 0 Å². The van der Waals surface area contributed by atoms with Crippen molar-refractivity contribution >= 4 is 23.8 Å². The van der Waals surface area contributed by atoms with Crippen molar-refractivity contribution in [2.24, 2.45) is 0 Å². The molecule has 0 atom stereocenters. The Labute approximate surface area is 201 Å². The average molecular weight is 493 g/mol. The highest BCUT2D eigenvalue weighted by Crippen LogP contribution is 2.31. The number of β-amino-alcohol motifs (C(OH)–C–C–N with tert-alkyl or cyclic N) is 1. The molecule has 0 spiro atoms. The number of halogens is 2. The Kier molecular flexibility index (Phi) is 9.39. The lowest BCUT2D eigenvalue weighted by Gasteiger charge is -2.46. The molecule has 0 unspecified atom stereocenters. The summed E-state index contributed by atoms with van der Waals surface area (Å²) in [6, 6.07) is 0. The second-order valence-corrected chi connectivity index (χ2v) is 11.4. The van der Waals surface area contributed by atoms with Crippen LogP contribution in [-0.4, -0.2) is 81.7 Å². The van der Waals surface area contributed by atoms with Gasteiger partial charge in [-0.1, -0.05) is 23.8 Å². The third-order valence-corrected chi connectivity index (χ3v) is 4.59. The Morgan fingerprint density at radius 1 is 0.970 bits per heavy atom. The first-order chi connectivity index (χ1) is 14.7. The highest BCUT2D eigenvalue weighted by molar-refractivity contribution is 6.24. The quantitative estimate of drug-likeness (QED) is 0.445. The van der Waals surface area contributed by atoms with E-state index in [2.05, 4.69) is 13.2 Å². The molecule has 1 N–H and O–H groups in total. The predicted molar refractivity (Wildman–Crippen MR) is 125 cm³/mol. The average Bonchev–Trinajstić information content (AvgIpc) is 2.52. The minimum atomic E-state index is -1.02. The minimum absolute atomic E-state index is 0.177. The van der Waals surface area contributed by atoms with Crippen molar-refractivity contribution in [2.45, 2.75) is 76.8 Å². The largest absolute Gasteiger partial charge is 0.444 e. The maximum atomic E-state index is 12.4. The van der Waals surface area contributed by atoms with Crippen molar-refractivity contribution in [1.29, 1.82) is 0 Å². The molecule has 0 bridgehead atoms. The number of aliphatic hydroxyl groups is 1. The van der Waals surface area contributed by atoms with Gasteiger partial charge in [0, 0.05) is 6.42 Å². The number of rotatable bonds is 5. The summed E-state index contributed by atoms with van der Waals surface area (Å²) in [5, 5.41) is 8.97. The summed E-state index contributed by atoms with van der Waals surface area (Å²) >= 11 is 5.98. The first kappa shape index (κ1) is 29.2. The van der Waals surface area contributed by atoms with E-state index in [1.165, 1.54) is 9.80 Å². The molecule has 190 valence electrons. The van der Waals surface area contributed by atoms with E-state index >= 15 is 0 Å². The highest BCUT2D eigenvalue weighted by Gasteiger charge is 2.46. The van der Waals surface area contributed by atoms with Crippen LogP contribution in [0.1, 0.15) is 54.9 Å². The number of carbonyl (C=O) groups excluding carboxylic acids is 2. The number of alkyl halides is 1. The lowest BCUT2D eigenvalue weighted by molar-refractivity contribution is -0.0971. The van der Waals surface area contributed by atoms with Crippen molar-refractivity contribution in [2.75, 3.05) is 32.8 Å². The van der Waals surface area contributed by atoms with E-state index in [4.69, 9.17) is 25.8 Å². The van der Waals surface area contributed by atoms with E-state index in [1.54, 1.807) is 20.8 Å². The standard InChI is InChI=1S/C12H21NO3.C11H17ClFNO3/c1-9(2)6-12(15)7-13(8-12)10(14)16-11(3,4)5;1-8(13)5-16-11(12)6-14(7-11)9(15)17-10(2,3)4/h15H,1,6-8H2,2-5H3;1,5-7H2,2-4H3. The Morgan fingerprint density at radius 3 is 1.70 bits per heavy atom. The summed E-state index contributed by atoms with van der Waals surface area (Å²) in [6.45, 7) is 20.3. The first-order valence-electron chi connectivity index (χ1n) is 10.7. The van der Waals surface area contributed by atoms with Crippen LogP contribution in [0.4, 0.5) is 14.0 Å². The molecule has 0 aromatic carbocycles. The van der Waals surface area contributed by atoms with Crippen LogP contribution in [0.25, 0.3) is 0 Å². The van der Waals surface area contributed by atoms with Gasteiger partial charge in [-0.2, -0.15) is 0 Å². The van der Waals surface area contributed by atoms with E-state index in [-0.39, 0.29) is 25.8 Å². The van der Waals surface area contributed by atoms with E-state index in [0.717, 1.165) is 5.57 Å². The summed E-state index contributed by atoms with van der Waals surface area (Å²) < 4.78 is 27.8. The zero-order valence-corrected chi connectivity index (χ0v) is 21.6. The molecular formula is C23H38ClFN2O6. The van der Waals surface area contributed by atoms with Crippen LogP contribution in [0.15, 0.2) is 24.6 Å². The third-order valence-electron chi connectivity index (χ3n) is 4.25. The second kappa shape index (κ2) is 10.6. The molecule has 33 heavy (non-hydrogen) atoms. The van der Waals surface area contributed by atoms with Crippen LogP contribution >= 0.6 is 11.6 Å². The van der Waals surface area contributed by atoms with Gasteiger partial charge >= 0.3 is 12.2 Å². The maximum absolute atomic E-state index is 12.4. The Balaban J connectivity index is 0.000000331. The number of ether oxygens (including phenoxy) is 3. The number of likely N-dealkylation sites (tertiary alicyclic amines) is 2. The zero-order chi connectivity index (χ0) is 25.8. The fraction of sp³-hybridized carbons (Fsp3) is 0.739. The zero-order valence-electron chi connectivity index (χ0n) is 20.8. The fourth-order valence-corrected chi connectivity index (χ4v) is 3.41. The Hall–Kier alpha value is -1.84. The van der Waals surface area contributed by atoms with Crippen molar-refractivity contribution < 1.29 is 33.3 Å². The number of hydrogen-bond acceptors (Lipinski definition) is 6. The van der Waals surface area contributed by atoms with Gasteiger partial charge in [-0.3, -0.25) is 4.90 Å². The molecule has 0 aliphatic carbocycles. The van der Waals surface area contributed by atoms with Crippen molar-refractivity contribution in [3.63, 3.8) is 0 Å². The SMILES string of the molecule is C=C(C)CC1(O)CN(C(=O)OC(C)(C)C)C1.C=C(F)COC1(Cl)CN(C(=O)OC(C)(C)C)C1. The van der Waals surface area contributed by atoms with Crippen molar-refractivity contribution in [3.05, 3.63) is 24.6 Å². The number of amides is 2. The van der Waals surface area contributed by atoms with E-state index in [1.807, 2.05) is 27.7 Å². The molecule has 10 heteroatoms. The molecule has 8 nitrogen and oxygen atoms in total. The number of carbonyl (C=O) groups is 2. The van der Waals surface area contributed by atoms with Gasteiger partial charge in [0.15, 0.2) is 5.06 Å². The third kappa shape index (κ3) is 10.8. The van der Waals surface area contributed by atoms with Gasteiger partial charge in [-0.25, -0.2) is 14.0 Å². The molecule has 2 aliphatic rings. The molecule has 2 rings (SSSR count). The first-order valence-corrected chi connectivity index (χ1v) is 11.1. The van der Waals surface area contributed by atoms with Crippen LogP contribution in [0, 0.1) is 0 Å². The molecule has 2 heterocycles. The molecule has 2 aliphatic heterocycles. The predicted octanol–water partition coefficient (Wildman–Crippen LogP) is 4.61. The molecular weight excluding hydrogens is 455 g/mol. The van der Waals surface area contributed by atoms with Gasteiger partial charge in [0.2, 0.25) is 0 Å². The summed E-state index contributed by atoms with van der Waals surface area (Å²) in [6.07, 6.45) is -0.276. The number of hydrogen-bond donors (Lipinski definition) is 1. The molecule has 0 aromatic rings. The van der Waals surface area contributed by atoms with Gasteiger partial charge in [-0.05, 0) is 48.5 Å². The molecule has 0 radical (unpaired) electrons. The fourth-order valence-electron chi connectivity index (χ4n) is 3.07. The maximum Gasteiger partial charge on any atom is 0.410 e. The summed E-state index contributed by atoms with van der Waals surface area (Å²) in [4.78, 5) is 26.1. The van der Waals surface area contributed by atoms with Crippen LogP contribution in [0.2, 0.25) is 0 Å². The number of nitrogens with zero attached hydrogens (tertiary/aromatic N) is 2. The topological polar surface area (TPSA) is 88.5 Å². The lowest BCUT2D eigenvalue weighted by Crippen LogP contribution is -2.64. The second-order valence-electron chi connectivity index (χ2n) is 10.7. The smallest absolute Gasteiger partial charge is 0.410 e. The lowest BCUT2D eigenvalue weighted by atomic mass is 9.88. The van der Waals surface area contributed by atoms with Gasteiger partial charge in [0.1, 0.15) is 29.2 Å².